The minimum absolute atomic E-state index is 0.0271. The highest BCUT2D eigenvalue weighted by atomic mass is 19.4. The van der Waals surface area contributed by atoms with Crippen molar-refractivity contribution in [3.8, 4) is 0 Å². The molecule has 0 radical (unpaired) electrons. The van der Waals surface area contributed by atoms with Crippen LogP contribution in [0.25, 0.3) is 0 Å². The normalized spacial score (nSPS) is 14.1. The number of benzene rings is 1. The van der Waals surface area contributed by atoms with Gasteiger partial charge in [0.1, 0.15) is 6.33 Å². The van der Waals surface area contributed by atoms with Crippen LogP contribution >= 0.6 is 0 Å². The van der Waals surface area contributed by atoms with Gasteiger partial charge in [0.05, 0.1) is 11.1 Å². The minimum atomic E-state index is -4.62. The fourth-order valence-corrected chi connectivity index (χ4v) is 3.38. The minimum Gasteiger partial charge on any atom is -0.352 e. The SMILES string of the molecule is O=C(Nc1ncnc(=O)[nH]1)c1ccc(N2CCN(C(=O)c3ccccc3C(F)(F)F)CC2)nn1. The second-order valence-electron chi connectivity index (χ2n) is 7.21. The number of amides is 2. The number of H-pyrrole nitrogens is 1. The number of nitrogens with zero attached hydrogens (tertiary/aromatic N) is 6. The van der Waals surface area contributed by atoms with Gasteiger partial charge in [-0.25, -0.2) is 9.78 Å². The maximum atomic E-state index is 13.2. The number of halogens is 3. The monoisotopic (exact) mass is 474 g/mol. The number of anilines is 2. The van der Waals surface area contributed by atoms with Gasteiger partial charge in [-0.2, -0.15) is 18.2 Å². The van der Waals surface area contributed by atoms with Crippen LogP contribution in [0, 0.1) is 0 Å². The summed E-state index contributed by atoms with van der Waals surface area (Å²) in [4.78, 5) is 48.6. The first-order chi connectivity index (χ1) is 16.2. The molecule has 2 aromatic heterocycles. The van der Waals surface area contributed by atoms with Gasteiger partial charge < -0.3 is 9.80 Å². The van der Waals surface area contributed by atoms with Crippen molar-refractivity contribution in [3.63, 3.8) is 0 Å². The molecule has 1 saturated heterocycles. The molecule has 14 heteroatoms. The fraction of sp³-hybridized carbons (Fsp3) is 0.250. The molecule has 1 aliphatic rings. The van der Waals surface area contributed by atoms with Gasteiger partial charge in [0, 0.05) is 26.2 Å². The van der Waals surface area contributed by atoms with Crippen LogP contribution in [0.3, 0.4) is 0 Å². The Balaban J connectivity index is 1.38. The smallest absolute Gasteiger partial charge is 0.352 e. The van der Waals surface area contributed by atoms with Crippen molar-refractivity contribution in [1.82, 2.24) is 30.0 Å². The first kappa shape index (κ1) is 22.8. The third-order valence-corrected chi connectivity index (χ3v) is 5.06. The molecule has 0 spiro atoms. The molecule has 0 aliphatic carbocycles. The predicted octanol–water partition coefficient (Wildman–Crippen LogP) is 1.19. The molecule has 0 atom stereocenters. The average Bonchev–Trinajstić information content (AvgIpc) is 2.83. The van der Waals surface area contributed by atoms with Gasteiger partial charge >= 0.3 is 11.9 Å². The van der Waals surface area contributed by atoms with E-state index >= 15 is 0 Å². The van der Waals surface area contributed by atoms with Gasteiger partial charge in [-0.15, -0.1) is 10.2 Å². The molecule has 0 bridgehead atoms. The number of nitrogens with one attached hydrogen (secondary N) is 2. The number of aromatic amines is 1. The summed E-state index contributed by atoms with van der Waals surface area (Å²) in [6.45, 7) is 1.02. The van der Waals surface area contributed by atoms with E-state index in [0.717, 1.165) is 12.4 Å². The molecule has 2 N–H and O–H groups in total. The summed E-state index contributed by atoms with van der Waals surface area (Å²) >= 11 is 0. The molecule has 0 unspecified atom stereocenters. The Morgan fingerprint density at radius 2 is 1.71 bits per heavy atom. The molecule has 0 saturated carbocycles. The standard InChI is InChI=1S/C20H17F3N8O3/c21-20(22,23)13-4-2-1-3-12(13)17(33)31-9-7-30(8-10-31)15-6-5-14(28-29-15)16(32)26-18-24-11-25-19(34)27-18/h1-6,11H,7-10H2,(H2,24,25,26,27,32,34). The summed E-state index contributed by atoms with van der Waals surface area (Å²) in [5, 5.41) is 10.2. The second-order valence-corrected chi connectivity index (χ2v) is 7.21. The Bertz CT molecular complexity index is 1250. The van der Waals surface area contributed by atoms with Crippen LogP contribution in [-0.2, 0) is 6.18 Å². The van der Waals surface area contributed by atoms with E-state index in [-0.39, 0.29) is 30.3 Å². The molecule has 1 aromatic carbocycles. The van der Waals surface area contributed by atoms with Gasteiger partial charge in [-0.3, -0.25) is 19.9 Å². The Kier molecular flexibility index (Phi) is 6.21. The molecule has 1 fully saturated rings. The topological polar surface area (TPSA) is 137 Å². The van der Waals surface area contributed by atoms with Crippen molar-refractivity contribution in [2.24, 2.45) is 0 Å². The van der Waals surface area contributed by atoms with Crippen LogP contribution in [0.1, 0.15) is 26.4 Å². The molecule has 2 amide bonds. The van der Waals surface area contributed by atoms with Crippen molar-refractivity contribution < 1.29 is 22.8 Å². The molecule has 3 heterocycles. The third kappa shape index (κ3) is 5.00. The third-order valence-electron chi connectivity index (χ3n) is 5.06. The van der Waals surface area contributed by atoms with E-state index in [4.69, 9.17) is 0 Å². The zero-order valence-corrected chi connectivity index (χ0v) is 17.4. The Morgan fingerprint density at radius 3 is 2.35 bits per heavy atom. The first-order valence-electron chi connectivity index (χ1n) is 9.99. The van der Waals surface area contributed by atoms with E-state index in [1.165, 1.54) is 29.2 Å². The van der Waals surface area contributed by atoms with Gasteiger partial charge in [0.2, 0.25) is 5.95 Å². The van der Waals surface area contributed by atoms with Crippen LogP contribution in [0.5, 0.6) is 0 Å². The summed E-state index contributed by atoms with van der Waals surface area (Å²) in [5.74, 6) is -0.987. The maximum absolute atomic E-state index is 13.2. The second kappa shape index (κ2) is 9.25. The summed E-state index contributed by atoms with van der Waals surface area (Å²) in [5.41, 5.74) is -2.05. The molecule has 3 aromatic rings. The van der Waals surface area contributed by atoms with Crippen molar-refractivity contribution in [1.29, 1.82) is 0 Å². The molecular formula is C20H17F3N8O3. The number of hydrogen-bond donors (Lipinski definition) is 2. The highest BCUT2D eigenvalue weighted by Crippen LogP contribution is 2.32. The van der Waals surface area contributed by atoms with Gasteiger partial charge in [0.15, 0.2) is 11.5 Å². The Morgan fingerprint density at radius 1 is 0.971 bits per heavy atom. The number of carbonyl (C=O) groups excluding carboxylic acids is 2. The Hall–Kier alpha value is -4.36. The number of alkyl halides is 3. The van der Waals surface area contributed by atoms with Crippen molar-refractivity contribution in [2.75, 3.05) is 36.4 Å². The summed E-state index contributed by atoms with van der Waals surface area (Å²) in [6, 6.07) is 7.68. The molecule has 176 valence electrons. The lowest BCUT2D eigenvalue weighted by Gasteiger charge is -2.35. The van der Waals surface area contributed by atoms with Crippen molar-refractivity contribution in [3.05, 3.63) is 70.0 Å². The van der Waals surface area contributed by atoms with Gasteiger partial charge in [0.25, 0.3) is 11.8 Å². The number of rotatable bonds is 4. The lowest BCUT2D eigenvalue weighted by molar-refractivity contribution is -0.138. The van der Waals surface area contributed by atoms with E-state index in [9.17, 15) is 27.6 Å². The lowest BCUT2D eigenvalue weighted by Crippen LogP contribution is -2.49. The molecule has 1 aliphatic heterocycles. The van der Waals surface area contributed by atoms with Crippen LogP contribution in [0.2, 0.25) is 0 Å². The average molecular weight is 474 g/mol. The predicted molar refractivity (Wildman–Crippen MR) is 112 cm³/mol. The maximum Gasteiger partial charge on any atom is 0.417 e. The van der Waals surface area contributed by atoms with E-state index in [1.54, 1.807) is 11.0 Å². The van der Waals surface area contributed by atoms with E-state index in [0.29, 0.717) is 18.9 Å². The Labute approximate surface area is 189 Å². The fourth-order valence-electron chi connectivity index (χ4n) is 3.38. The van der Waals surface area contributed by atoms with Crippen LogP contribution < -0.4 is 15.9 Å². The van der Waals surface area contributed by atoms with Crippen molar-refractivity contribution >= 4 is 23.6 Å². The molecule has 34 heavy (non-hydrogen) atoms. The molecular weight excluding hydrogens is 457 g/mol. The van der Waals surface area contributed by atoms with E-state index < -0.39 is 29.2 Å². The molecule has 11 nitrogen and oxygen atoms in total. The van der Waals surface area contributed by atoms with E-state index in [1.807, 2.05) is 0 Å². The number of carbonyl (C=O) groups is 2. The number of hydrogen-bond acceptors (Lipinski definition) is 8. The highest BCUT2D eigenvalue weighted by Gasteiger charge is 2.36. The summed E-state index contributed by atoms with van der Waals surface area (Å²) in [7, 11) is 0. The largest absolute Gasteiger partial charge is 0.417 e. The highest BCUT2D eigenvalue weighted by molar-refractivity contribution is 6.01. The van der Waals surface area contributed by atoms with E-state index in [2.05, 4.69) is 30.5 Å². The first-order valence-corrected chi connectivity index (χ1v) is 9.99. The summed E-state index contributed by atoms with van der Waals surface area (Å²) < 4.78 is 39.7. The number of piperazine rings is 1. The van der Waals surface area contributed by atoms with Crippen LogP contribution in [-0.4, -0.2) is 68.0 Å². The van der Waals surface area contributed by atoms with Crippen LogP contribution in [0.4, 0.5) is 24.9 Å². The van der Waals surface area contributed by atoms with Crippen molar-refractivity contribution in [2.45, 2.75) is 6.18 Å². The summed E-state index contributed by atoms with van der Waals surface area (Å²) in [6.07, 6.45) is -3.63. The lowest BCUT2D eigenvalue weighted by atomic mass is 10.1. The molecule has 4 rings (SSSR count). The zero-order valence-electron chi connectivity index (χ0n) is 17.4. The van der Waals surface area contributed by atoms with Crippen LogP contribution in [0.15, 0.2) is 47.5 Å². The zero-order chi connectivity index (χ0) is 24.3. The number of aromatic nitrogens is 5. The quantitative estimate of drug-likeness (QED) is 0.575. The van der Waals surface area contributed by atoms with Gasteiger partial charge in [-0.05, 0) is 24.3 Å². The van der Waals surface area contributed by atoms with Gasteiger partial charge in [-0.1, -0.05) is 12.1 Å².